The fourth-order valence-corrected chi connectivity index (χ4v) is 2.48. The highest BCUT2D eigenvalue weighted by Crippen LogP contribution is 2.22. The number of nitrogens with one attached hydrogen (secondary N) is 1. The lowest BCUT2D eigenvalue weighted by molar-refractivity contribution is 0.217. The van der Waals surface area contributed by atoms with E-state index < -0.39 is 0 Å². The second kappa shape index (κ2) is 6.59. The molecule has 18 heavy (non-hydrogen) atoms. The van der Waals surface area contributed by atoms with Gasteiger partial charge in [0, 0.05) is 19.3 Å². The maximum atomic E-state index is 5.56. The molecule has 0 radical (unpaired) electrons. The summed E-state index contributed by atoms with van der Waals surface area (Å²) in [6.45, 7) is 6.04. The summed E-state index contributed by atoms with van der Waals surface area (Å²) in [7, 11) is 2.19. The quantitative estimate of drug-likeness (QED) is 0.868. The van der Waals surface area contributed by atoms with Gasteiger partial charge in [0.1, 0.15) is 0 Å². The third kappa shape index (κ3) is 3.60. The summed E-state index contributed by atoms with van der Waals surface area (Å²) in [6.07, 6.45) is 4.40. The van der Waals surface area contributed by atoms with Gasteiger partial charge in [-0.05, 0) is 51.4 Å². The van der Waals surface area contributed by atoms with Crippen LogP contribution in [-0.4, -0.2) is 43.2 Å². The molecular formula is C14H23N3O. The van der Waals surface area contributed by atoms with Crippen molar-refractivity contribution in [2.45, 2.75) is 19.8 Å². The topological polar surface area (TPSA) is 37.4 Å². The SMILES string of the molecule is CCOc1cccnc1NCC1CCCN(C)C1. The Morgan fingerprint density at radius 3 is 3.22 bits per heavy atom. The largest absolute Gasteiger partial charge is 0.490 e. The van der Waals surface area contributed by atoms with Crippen LogP contribution in [0.5, 0.6) is 5.75 Å². The third-order valence-electron chi connectivity index (χ3n) is 3.35. The van der Waals surface area contributed by atoms with Crippen LogP contribution in [0.25, 0.3) is 0 Å². The number of likely N-dealkylation sites (tertiary alicyclic amines) is 1. The van der Waals surface area contributed by atoms with Crippen LogP contribution in [0.4, 0.5) is 5.82 Å². The predicted octanol–water partition coefficient (Wildman–Crippen LogP) is 2.23. The molecule has 4 heteroatoms. The Kier molecular flexibility index (Phi) is 4.81. The van der Waals surface area contributed by atoms with Crippen molar-refractivity contribution in [3.8, 4) is 5.75 Å². The van der Waals surface area contributed by atoms with E-state index in [4.69, 9.17) is 4.74 Å². The number of hydrogen-bond donors (Lipinski definition) is 1. The number of nitrogens with zero attached hydrogens (tertiary/aromatic N) is 2. The molecule has 0 bridgehead atoms. The minimum atomic E-state index is 0.673. The standard InChI is InChI=1S/C14H23N3O/c1-3-18-13-7-4-8-15-14(13)16-10-12-6-5-9-17(2)11-12/h4,7-8,12H,3,5-6,9-11H2,1-2H3,(H,15,16). The first-order valence-electron chi connectivity index (χ1n) is 6.80. The lowest BCUT2D eigenvalue weighted by atomic mass is 9.98. The fourth-order valence-electron chi connectivity index (χ4n) is 2.48. The van der Waals surface area contributed by atoms with Gasteiger partial charge in [0.25, 0.3) is 0 Å². The number of hydrogen-bond acceptors (Lipinski definition) is 4. The maximum Gasteiger partial charge on any atom is 0.168 e. The summed E-state index contributed by atoms with van der Waals surface area (Å²) < 4.78 is 5.56. The van der Waals surface area contributed by atoms with Crippen LogP contribution in [0.15, 0.2) is 18.3 Å². The molecule has 0 spiro atoms. The van der Waals surface area contributed by atoms with Gasteiger partial charge in [0.2, 0.25) is 0 Å². The number of anilines is 1. The first-order valence-corrected chi connectivity index (χ1v) is 6.80. The van der Waals surface area contributed by atoms with Crippen molar-refractivity contribution in [2.75, 3.05) is 38.6 Å². The number of piperidine rings is 1. The molecule has 1 unspecified atom stereocenters. The summed E-state index contributed by atoms with van der Waals surface area (Å²) in [4.78, 5) is 6.75. The van der Waals surface area contributed by atoms with Crippen LogP contribution < -0.4 is 10.1 Å². The minimum absolute atomic E-state index is 0.673. The Hall–Kier alpha value is -1.29. The Morgan fingerprint density at radius 1 is 1.56 bits per heavy atom. The predicted molar refractivity (Wildman–Crippen MR) is 74.1 cm³/mol. The molecule has 0 saturated carbocycles. The van der Waals surface area contributed by atoms with Crippen LogP contribution in [0.2, 0.25) is 0 Å². The normalized spacial score (nSPS) is 20.7. The first kappa shape index (κ1) is 13.1. The van der Waals surface area contributed by atoms with E-state index in [1.807, 2.05) is 19.1 Å². The zero-order chi connectivity index (χ0) is 12.8. The van der Waals surface area contributed by atoms with Crippen molar-refractivity contribution < 1.29 is 4.74 Å². The van der Waals surface area contributed by atoms with Gasteiger partial charge in [0.05, 0.1) is 6.61 Å². The molecule has 4 nitrogen and oxygen atoms in total. The van der Waals surface area contributed by atoms with E-state index in [-0.39, 0.29) is 0 Å². The first-order chi connectivity index (χ1) is 8.79. The van der Waals surface area contributed by atoms with Gasteiger partial charge in [-0.2, -0.15) is 0 Å². The molecule has 0 amide bonds. The lowest BCUT2D eigenvalue weighted by Crippen LogP contribution is -2.35. The summed E-state index contributed by atoms with van der Waals surface area (Å²) >= 11 is 0. The van der Waals surface area contributed by atoms with Crippen LogP contribution in [0.1, 0.15) is 19.8 Å². The van der Waals surface area contributed by atoms with Gasteiger partial charge >= 0.3 is 0 Å². The van der Waals surface area contributed by atoms with Gasteiger partial charge < -0.3 is 15.0 Å². The van der Waals surface area contributed by atoms with Crippen molar-refractivity contribution in [1.82, 2.24) is 9.88 Å². The molecule has 1 N–H and O–H groups in total. The molecule has 2 heterocycles. The Labute approximate surface area is 109 Å². The molecule has 1 aromatic heterocycles. The molecular weight excluding hydrogens is 226 g/mol. The molecule has 0 aromatic carbocycles. The second-order valence-corrected chi connectivity index (χ2v) is 4.93. The Morgan fingerprint density at radius 2 is 2.44 bits per heavy atom. The van der Waals surface area contributed by atoms with Gasteiger partial charge in [-0.25, -0.2) is 4.98 Å². The summed E-state index contributed by atoms with van der Waals surface area (Å²) in [5.74, 6) is 2.43. The highest BCUT2D eigenvalue weighted by molar-refractivity contribution is 5.49. The van der Waals surface area contributed by atoms with Gasteiger partial charge in [-0.3, -0.25) is 0 Å². The van der Waals surface area contributed by atoms with Crippen LogP contribution in [0, 0.1) is 5.92 Å². The number of pyridine rings is 1. The highest BCUT2D eigenvalue weighted by atomic mass is 16.5. The highest BCUT2D eigenvalue weighted by Gasteiger charge is 2.17. The van der Waals surface area contributed by atoms with Crippen LogP contribution >= 0.6 is 0 Å². The van der Waals surface area contributed by atoms with Crippen LogP contribution in [-0.2, 0) is 0 Å². The average Bonchev–Trinajstić information content (AvgIpc) is 2.38. The number of rotatable bonds is 5. The fraction of sp³-hybridized carbons (Fsp3) is 0.643. The van der Waals surface area contributed by atoms with E-state index >= 15 is 0 Å². The molecule has 1 atom stereocenters. The molecule has 1 fully saturated rings. The number of ether oxygens (including phenoxy) is 1. The molecule has 2 rings (SSSR count). The Balaban J connectivity index is 1.89. The van der Waals surface area contributed by atoms with Crippen molar-refractivity contribution in [1.29, 1.82) is 0 Å². The van der Waals surface area contributed by atoms with Crippen LogP contribution in [0.3, 0.4) is 0 Å². The van der Waals surface area contributed by atoms with Gasteiger partial charge in [0.15, 0.2) is 11.6 Å². The Bertz CT molecular complexity index is 370. The van der Waals surface area contributed by atoms with E-state index in [2.05, 4.69) is 22.2 Å². The van der Waals surface area contributed by atoms with Crippen molar-refractivity contribution in [3.05, 3.63) is 18.3 Å². The molecule has 100 valence electrons. The molecule has 0 aliphatic carbocycles. The molecule has 1 saturated heterocycles. The minimum Gasteiger partial charge on any atom is -0.490 e. The van der Waals surface area contributed by atoms with E-state index in [0.29, 0.717) is 12.5 Å². The monoisotopic (exact) mass is 249 g/mol. The van der Waals surface area contributed by atoms with E-state index in [0.717, 1.165) is 18.1 Å². The zero-order valence-corrected chi connectivity index (χ0v) is 11.4. The van der Waals surface area contributed by atoms with E-state index in [1.165, 1.54) is 25.9 Å². The third-order valence-corrected chi connectivity index (χ3v) is 3.35. The van der Waals surface area contributed by atoms with Crippen molar-refractivity contribution in [3.63, 3.8) is 0 Å². The molecule has 1 aliphatic rings. The van der Waals surface area contributed by atoms with E-state index in [9.17, 15) is 0 Å². The maximum absolute atomic E-state index is 5.56. The summed E-state index contributed by atoms with van der Waals surface area (Å²) in [6, 6.07) is 3.87. The number of aromatic nitrogens is 1. The average molecular weight is 249 g/mol. The molecule has 1 aromatic rings. The van der Waals surface area contributed by atoms with E-state index in [1.54, 1.807) is 6.20 Å². The van der Waals surface area contributed by atoms with Crippen molar-refractivity contribution in [2.24, 2.45) is 5.92 Å². The van der Waals surface area contributed by atoms with Gasteiger partial charge in [-0.1, -0.05) is 0 Å². The van der Waals surface area contributed by atoms with Gasteiger partial charge in [-0.15, -0.1) is 0 Å². The molecule has 1 aliphatic heterocycles. The summed E-state index contributed by atoms with van der Waals surface area (Å²) in [5, 5.41) is 3.43. The lowest BCUT2D eigenvalue weighted by Gasteiger charge is -2.29. The second-order valence-electron chi connectivity index (χ2n) is 4.93. The summed E-state index contributed by atoms with van der Waals surface area (Å²) in [5.41, 5.74) is 0. The zero-order valence-electron chi connectivity index (χ0n) is 11.4. The smallest absolute Gasteiger partial charge is 0.168 e. The van der Waals surface area contributed by atoms with Crippen molar-refractivity contribution >= 4 is 5.82 Å².